The lowest BCUT2D eigenvalue weighted by atomic mass is 10.2. The van der Waals surface area contributed by atoms with Gasteiger partial charge >= 0.3 is 0 Å². The van der Waals surface area contributed by atoms with Crippen molar-refractivity contribution in [2.45, 2.75) is 36.6 Å². The van der Waals surface area contributed by atoms with Crippen LogP contribution in [0.15, 0.2) is 47.5 Å². The molecule has 0 aliphatic heterocycles. The van der Waals surface area contributed by atoms with Gasteiger partial charge in [-0.2, -0.15) is 0 Å². The van der Waals surface area contributed by atoms with Crippen LogP contribution in [-0.2, 0) is 10.0 Å². The van der Waals surface area contributed by atoms with Gasteiger partial charge in [-0.05, 0) is 49.2 Å². The molecule has 1 aromatic carbocycles. The Morgan fingerprint density at radius 3 is 2.35 bits per heavy atom. The van der Waals surface area contributed by atoms with Crippen molar-refractivity contribution in [1.82, 2.24) is 4.98 Å². The fourth-order valence-electron chi connectivity index (χ4n) is 2.66. The number of rotatable bonds is 5. The van der Waals surface area contributed by atoms with Crippen molar-refractivity contribution in [2.24, 2.45) is 0 Å². The van der Waals surface area contributed by atoms with E-state index < -0.39 is 10.0 Å². The van der Waals surface area contributed by atoms with Crippen LogP contribution in [0.25, 0.3) is 0 Å². The van der Waals surface area contributed by atoms with Crippen LogP contribution in [0.1, 0.15) is 25.7 Å². The van der Waals surface area contributed by atoms with E-state index in [2.05, 4.69) is 15.0 Å². The summed E-state index contributed by atoms with van der Waals surface area (Å²) in [5.41, 5.74) is 0.909. The fourth-order valence-corrected chi connectivity index (χ4v) is 3.79. The third kappa shape index (κ3) is 4.14. The van der Waals surface area contributed by atoms with Crippen molar-refractivity contribution in [3.8, 4) is 0 Å². The number of aromatic nitrogens is 1. The molecule has 5 nitrogen and oxygen atoms in total. The molecule has 1 aromatic heterocycles. The van der Waals surface area contributed by atoms with E-state index in [0.717, 1.165) is 5.69 Å². The molecule has 0 amide bonds. The highest BCUT2D eigenvalue weighted by molar-refractivity contribution is 7.92. The first-order valence-electron chi connectivity index (χ1n) is 7.54. The van der Waals surface area contributed by atoms with Crippen LogP contribution in [0.2, 0.25) is 5.02 Å². The Labute approximate surface area is 141 Å². The van der Waals surface area contributed by atoms with Gasteiger partial charge < -0.3 is 5.32 Å². The molecule has 122 valence electrons. The van der Waals surface area contributed by atoms with Crippen LogP contribution in [0.5, 0.6) is 0 Å². The Balaban J connectivity index is 1.68. The number of pyridine rings is 1. The summed E-state index contributed by atoms with van der Waals surface area (Å²) < 4.78 is 27.0. The lowest BCUT2D eigenvalue weighted by Gasteiger charge is -2.13. The second-order valence-electron chi connectivity index (χ2n) is 5.62. The lowest BCUT2D eigenvalue weighted by Crippen LogP contribution is -2.16. The van der Waals surface area contributed by atoms with Crippen LogP contribution in [0.4, 0.5) is 11.5 Å². The molecule has 0 bridgehead atoms. The summed E-state index contributed by atoms with van der Waals surface area (Å²) in [5, 5.41) is 3.90. The molecule has 0 atom stereocenters. The molecule has 1 saturated carbocycles. The van der Waals surface area contributed by atoms with Gasteiger partial charge in [0.25, 0.3) is 10.0 Å². The Morgan fingerprint density at radius 2 is 1.74 bits per heavy atom. The molecule has 2 aromatic rings. The summed E-state index contributed by atoms with van der Waals surface area (Å²) in [7, 11) is -3.66. The summed E-state index contributed by atoms with van der Waals surface area (Å²) >= 11 is 5.77. The Hall–Kier alpha value is -1.79. The predicted molar refractivity (Wildman–Crippen MR) is 92.4 cm³/mol. The molecule has 1 aliphatic carbocycles. The van der Waals surface area contributed by atoms with Crippen LogP contribution in [0, 0.1) is 0 Å². The monoisotopic (exact) mass is 351 g/mol. The average molecular weight is 352 g/mol. The van der Waals surface area contributed by atoms with E-state index in [4.69, 9.17) is 11.6 Å². The smallest absolute Gasteiger partial charge is 0.263 e. The van der Waals surface area contributed by atoms with Crippen LogP contribution in [-0.4, -0.2) is 19.4 Å². The molecule has 1 aliphatic rings. The molecule has 7 heteroatoms. The van der Waals surface area contributed by atoms with Crippen molar-refractivity contribution in [1.29, 1.82) is 0 Å². The maximum atomic E-state index is 12.3. The summed E-state index contributed by atoms with van der Waals surface area (Å²) in [6, 6.07) is 9.99. The van der Waals surface area contributed by atoms with Crippen molar-refractivity contribution >= 4 is 33.1 Å². The van der Waals surface area contributed by atoms with Crippen LogP contribution in [0.3, 0.4) is 0 Å². The van der Waals surface area contributed by atoms with Crippen molar-refractivity contribution < 1.29 is 8.42 Å². The minimum absolute atomic E-state index is 0.150. The SMILES string of the molecule is O=S(=O)(Nc1ccc(NC2CCCC2)cn1)c1ccc(Cl)cc1. The van der Waals surface area contributed by atoms with Crippen LogP contribution >= 0.6 is 11.6 Å². The summed E-state index contributed by atoms with van der Waals surface area (Å²) in [5.74, 6) is 0.289. The van der Waals surface area contributed by atoms with Gasteiger partial charge in [0.1, 0.15) is 5.82 Å². The number of nitrogens with zero attached hydrogens (tertiary/aromatic N) is 1. The number of anilines is 2. The number of hydrogen-bond donors (Lipinski definition) is 2. The molecule has 1 fully saturated rings. The zero-order valence-corrected chi connectivity index (χ0v) is 14.1. The Kier molecular flexibility index (Phi) is 4.73. The largest absolute Gasteiger partial charge is 0.381 e. The molecule has 2 N–H and O–H groups in total. The molecular formula is C16H18ClN3O2S. The Bertz CT molecular complexity index is 755. The van der Waals surface area contributed by atoms with E-state index in [-0.39, 0.29) is 10.7 Å². The maximum absolute atomic E-state index is 12.3. The summed E-state index contributed by atoms with van der Waals surface area (Å²) in [4.78, 5) is 4.32. The first kappa shape index (κ1) is 16.1. The molecule has 23 heavy (non-hydrogen) atoms. The van der Waals surface area contributed by atoms with Crippen molar-refractivity contribution in [2.75, 3.05) is 10.0 Å². The minimum Gasteiger partial charge on any atom is -0.381 e. The van der Waals surface area contributed by atoms with Gasteiger partial charge in [-0.15, -0.1) is 0 Å². The first-order valence-corrected chi connectivity index (χ1v) is 9.40. The van der Waals surface area contributed by atoms with Gasteiger partial charge in [-0.25, -0.2) is 13.4 Å². The molecular weight excluding hydrogens is 334 g/mol. The van der Waals surface area contributed by atoms with Gasteiger partial charge in [0.05, 0.1) is 16.8 Å². The number of benzene rings is 1. The second-order valence-corrected chi connectivity index (χ2v) is 7.74. The number of halogens is 1. The standard InChI is InChI=1S/C16H18ClN3O2S/c17-12-5-8-15(9-6-12)23(21,22)20-16-10-7-14(11-18-16)19-13-3-1-2-4-13/h5-11,13,19H,1-4H2,(H,18,20). The number of sulfonamides is 1. The fraction of sp³-hybridized carbons (Fsp3) is 0.312. The summed E-state index contributed by atoms with van der Waals surface area (Å²) in [6.45, 7) is 0. The molecule has 0 spiro atoms. The topological polar surface area (TPSA) is 71.1 Å². The van der Waals surface area contributed by atoms with E-state index >= 15 is 0 Å². The Morgan fingerprint density at radius 1 is 1.04 bits per heavy atom. The van der Waals surface area contributed by atoms with E-state index in [1.165, 1.54) is 49.9 Å². The highest BCUT2D eigenvalue weighted by atomic mass is 35.5. The van der Waals surface area contributed by atoms with Crippen molar-refractivity contribution in [3.05, 3.63) is 47.6 Å². The van der Waals surface area contributed by atoms with Crippen molar-refractivity contribution in [3.63, 3.8) is 0 Å². The molecule has 0 saturated heterocycles. The van der Waals surface area contributed by atoms with Gasteiger partial charge in [0.2, 0.25) is 0 Å². The second kappa shape index (κ2) is 6.76. The lowest BCUT2D eigenvalue weighted by molar-refractivity contribution is 0.601. The molecule has 0 unspecified atom stereocenters. The number of hydrogen-bond acceptors (Lipinski definition) is 4. The zero-order valence-electron chi connectivity index (χ0n) is 12.5. The van der Waals surface area contributed by atoms with E-state index in [0.29, 0.717) is 11.1 Å². The third-order valence-corrected chi connectivity index (χ3v) is 5.47. The zero-order chi connectivity index (χ0) is 16.3. The number of nitrogens with one attached hydrogen (secondary N) is 2. The third-order valence-electron chi connectivity index (χ3n) is 3.85. The highest BCUT2D eigenvalue weighted by Gasteiger charge is 2.16. The van der Waals surface area contributed by atoms with Gasteiger partial charge in [-0.1, -0.05) is 24.4 Å². The predicted octanol–water partition coefficient (Wildman–Crippen LogP) is 3.89. The van der Waals surface area contributed by atoms with E-state index in [9.17, 15) is 8.42 Å². The molecule has 0 radical (unpaired) electrons. The summed E-state index contributed by atoms with van der Waals surface area (Å²) in [6.07, 6.45) is 6.50. The van der Waals surface area contributed by atoms with Gasteiger partial charge in [0, 0.05) is 11.1 Å². The minimum atomic E-state index is -3.66. The van der Waals surface area contributed by atoms with Gasteiger partial charge in [0.15, 0.2) is 0 Å². The normalized spacial score (nSPS) is 15.5. The van der Waals surface area contributed by atoms with Crippen LogP contribution < -0.4 is 10.0 Å². The maximum Gasteiger partial charge on any atom is 0.263 e. The molecule has 3 rings (SSSR count). The van der Waals surface area contributed by atoms with E-state index in [1.54, 1.807) is 12.3 Å². The quantitative estimate of drug-likeness (QED) is 0.857. The van der Waals surface area contributed by atoms with Gasteiger partial charge in [-0.3, -0.25) is 4.72 Å². The highest BCUT2D eigenvalue weighted by Crippen LogP contribution is 2.23. The molecule has 1 heterocycles. The van der Waals surface area contributed by atoms with E-state index in [1.807, 2.05) is 6.07 Å². The first-order chi connectivity index (χ1) is 11.0. The average Bonchev–Trinajstić information content (AvgIpc) is 3.02.